The molecule has 4 heteroatoms. The van der Waals surface area contributed by atoms with Gasteiger partial charge in [-0.1, -0.05) is 24.3 Å². The monoisotopic (exact) mass is 329 g/mol. The van der Waals surface area contributed by atoms with Gasteiger partial charge in [0.15, 0.2) is 5.76 Å². The predicted octanol–water partition coefficient (Wildman–Crippen LogP) is 4.76. The third-order valence-electron chi connectivity index (χ3n) is 3.00. The summed E-state index contributed by atoms with van der Waals surface area (Å²) in [5.74, 6) is 0.0482. The van der Waals surface area contributed by atoms with Gasteiger partial charge in [-0.2, -0.15) is 0 Å². The zero-order valence-corrected chi connectivity index (χ0v) is 12.4. The van der Waals surface area contributed by atoms with Crippen LogP contribution in [0, 0.1) is 6.92 Å². The highest BCUT2D eigenvalue weighted by Gasteiger charge is 2.13. The summed E-state index contributed by atoms with van der Waals surface area (Å²) in [5.41, 5.74) is 2.53. The van der Waals surface area contributed by atoms with Crippen molar-refractivity contribution in [2.75, 3.05) is 5.32 Å². The van der Waals surface area contributed by atoms with E-state index in [-0.39, 0.29) is 5.91 Å². The Bertz CT molecular complexity index is 792. The fraction of sp³-hybridized carbons (Fsp3) is 0.0625. The molecule has 1 heterocycles. The Kier molecular flexibility index (Phi) is 3.32. The van der Waals surface area contributed by atoms with Crippen molar-refractivity contribution in [1.82, 2.24) is 0 Å². The lowest BCUT2D eigenvalue weighted by molar-refractivity contribution is 0.0998. The van der Waals surface area contributed by atoms with Gasteiger partial charge in [0, 0.05) is 11.1 Å². The van der Waals surface area contributed by atoms with E-state index in [4.69, 9.17) is 4.42 Å². The summed E-state index contributed by atoms with van der Waals surface area (Å²) in [5, 5.41) is 3.73. The van der Waals surface area contributed by atoms with Crippen molar-refractivity contribution in [3.63, 3.8) is 0 Å². The molecule has 2 aromatic carbocycles. The van der Waals surface area contributed by atoms with Crippen molar-refractivity contribution in [2.45, 2.75) is 6.92 Å². The minimum Gasteiger partial charge on any atom is -0.450 e. The first-order chi connectivity index (χ1) is 9.63. The summed E-state index contributed by atoms with van der Waals surface area (Å²) in [6, 6.07) is 15.1. The molecule has 1 aromatic heterocycles. The lowest BCUT2D eigenvalue weighted by atomic mass is 10.2. The van der Waals surface area contributed by atoms with Crippen LogP contribution in [0.4, 0.5) is 5.69 Å². The van der Waals surface area contributed by atoms with E-state index in [1.165, 1.54) is 0 Å². The van der Waals surface area contributed by atoms with E-state index in [0.29, 0.717) is 11.3 Å². The van der Waals surface area contributed by atoms with Crippen molar-refractivity contribution in [3.05, 3.63) is 64.3 Å². The van der Waals surface area contributed by atoms with Gasteiger partial charge in [0.05, 0.1) is 4.47 Å². The van der Waals surface area contributed by atoms with Crippen LogP contribution < -0.4 is 5.32 Å². The van der Waals surface area contributed by atoms with Gasteiger partial charge in [-0.3, -0.25) is 4.79 Å². The second kappa shape index (κ2) is 5.13. The van der Waals surface area contributed by atoms with Gasteiger partial charge in [0.25, 0.3) is 5.91 Å². The van der Waals surface area contributed by atoms with Crippen LogP contribution in [-0.4, -0.2) is 5.91 Å². The van der Waals surface area contributed by atoms with E-state index in [1.54, 1.807) is 6.07 Å². The quantitative estimate of drug-likeness (QED) is 0.736. The summed E-state index contributed by atoms with van der Waals surface area (Å²) in [6.07, 6.45) is 0. The third kappa shape index (κ3) is 2.47. The largest absolute Gasteiger partial charge is 0.450 e. The van der Waals surface area contributed by atoms with Gasteiger partial charge in [0.2, 0.25) is 0 Å². The number of amides is 1. The maximum atomic E-state index is 12.2. The number of carbonyl (C=O) groups excluding carboxylic acids is 1. The SMILES string of the molecule is Cc1cccc(NC(=O)c2cc3cccc(Br)c3o2)c1. The van der Waals surface area contributed by atoms with Crippen molar-refractivity contribution in [1.29, 1.82) is 0 Å². The number of anilines is 1. The number of fused-ring (bicyclic) bond motifs is 1. The Morgan fingerprint density at radius 1 is 1.15 bits per heavy atom. The smallest absolute Gasteiger partial charge is 0.291 e. The number of nitrogens with one attached hydrogen (secondary N) is 1. The maximum Gasteiger partial charge on any atom is 0.291 e. The van der Waals surface area contributed by atoms with Crippen molar-refractivity contribution in [3.8, 4) is 0 Å². The Hall–Kier alpha value is -2.07. The highest BCUT2D eigenvalue weighted by atomic mass is 79.9. The fourth-order valence-corrected chi connectivity index (χ4v) is 2.52. The highest BCUT2D eigenvalue weighted by molar-refractivity contribution is 9.10. The number of hydrogen-bond donors (Lipinski definition) is 1. The van der Waals surface area contributed by atoms with Crippen LogP contribution in [0.2, 0.25) is 0 Å². The Morgan fingerprint density at radius 3 is 2.70 bits per heavy atom. The van der Waals surface area contributed by atoms with Gasteiger partial charge in [-0.25, -0.2) is 0 Å². The Labute approximate surface area is 124 Å². The number of para-hydroxylation sites is 1. The molecule has 0 atom stereocenters. The van der Waals surface area contributed by atoms with E-state index in [2.05, 4.69) is 21.2 Å². The zero-order chi connectivity index (χ0) is 14.1. The molecule has 0 aliphatic heterocycles. The average Bonchev–Trinajstić information content (AvgIpc) is 2.84. The second-order valence-electron chi connectivity index (χ2n) is 4.59. The van der Waals surface area contributed by atoms with Crippen LogP contribution in [-0.2, 0) is 0 Å². The normalized spacial score (nSPS) is 10.7. The molecule has 0 fully saturated rings. The molecule has 20 heavy (non-hydrogen) atoms. The summed E-state index contributed by atoms with van der Waals surface area (Å²) >= 11 is 3.41. The standard InChI is InChI=1S/C16H12BrNO2/c1-10-4-2-6-12(8-10)18-16(19)14-9-11-5-3-7-13(17)15(11)20-14/h2-9H,1H3,(H,18,19). The van der Waals surface area contributed by atoms with Gasteiger partial charge in [-0.05, 0) is 52.7 Å². The molecule has 0 aliphatic rings. The Balaban J connectivity index is 1.91. The lowest BCUT2D eigenvalue weighted by Gasteiger charge is -2.03. The number of carbonyl (C=O) groups is 1. The van der Waals surface area contributed by atoms with Gasteiger partial charge in [0.1, 0.15) is 5.58 Å². The topological polar surface area (TPSA) is 42.2 Å². The summed E-state index contributed by atoms with van der Waals surface area (Å²) in [4.78, 5) is 12.2. The van der Waals surface area contributed by atoms with E-state index in [9.17, 15) is 4.79 Å². The van der Waals surface area contributed by atoms with Crippen LogP contribution in [0.5, 0.6) is 0 Å². The molecule has 3 aromatic rings. The summed E-state index contributed by atoms with van der Waals surface area (Å²) < 4.78 is 6.44. The molecule has 0 bridgehead atoms. The Morgan fingerprint density at radius 2 is 1.95 bits per heavy atom. The van der Waals surface area contributed by atoms with E-state index in [0.717, 1.165) is 21.1 Å². The first kappa shape index (κ1) is 12.9. The van der Waals surface area contributed by atoms with Crippen molar-refractivity contribution < 1.29 is 9.21 Å². The lowest BCUT2D eigenvalue weighted by Crippen LogP contribution is -2.10. The average molecular weight is 330 g/mol. The van der Waals surface area contributed by atoms with Crippen LogP contribution in [0.25, 0.3) is 11.0 Å². The number of furan rings is 1. The van der Waals surface area contributed by atoms with Crippen molar-refractivity contribution >= 4 is 38.5 Å². The fourth-order valence-electron chi connectivity index (χ4n) is 2.05. The van der Waals surface area contributed by atoms with Crippen LogP contribution in [0.15, 0.2) is 57.4 Å². The third-order valence-corrected chi connectivity index (χ3v) is 3.62. The number of hydrogen-bond acceptors (Lipinski definition) is 2. The van der Waals surface area contributed by atoms with Gasteiger partial charge in [-0.15, -0.1) is 0 Å². The molecule has 0 aliphatic carbocycles. The van der Waals surface area contributed by atoms with E-state index in [1.807, 2.05) is 49.4 Å². The second-order valence-corrected chi connectivity index (χ2v) is 5.45. The van der Waals surface area contributed by atoms with E-state index < -0.39 is 0 Å². The summed E-state index contributed by atoms with van der Waals surface area (Å²) in [7, 11) is 0. The number of benzene rings is 2. The molecule has 0 radical (unpaired) electrons. The van der Waals surface area contributed by atoms with Crippen LogP contribution in [0.1, 0.15) is 16.1 Å². The first-order valence-corrected chi connectivity index (χ1v) is 6.99. The number of aryl methyl sites for hydroxylation is 1. The minimum atomic E-state index is -0.251. The number of rotatable bonds is 2. The zero-order valence-electron chi connectivity index (χ0n) is 10.8. The summed E-state index contributed by atoms with van der Waals surface area (Å²) in [6.45, 7) is 1.98. The first-order valence-electron chi connectivity index (χ1n) is 6.19. The molecule has 1 N–H and O–H groups in total. The highest BCUT2D eigenvalue weighted by Crippen LogP contribution is 2.27. The molecule has 3 nitrogen and oxygen atoms in total. The van der Waals surface area contributed by atoms with Crippen LogP contribution in [0.3, 0.4) is 0 Å². The molecule has 0 saturated heterocycles. The van der Waals surface area contributed by atoms with Crippen LogP contribution >= 0.6 is 15.9 Å². The maximum absolute atomic E-state index is 12.2. The van der Waals surface area contributed by atoms with Gasteiger partial charge >= 0.3 is 0 Å². The molecule has 100 valence electrons. The molecular formula is C16H12BrNO2. The molecule has 1 amide bonds. The number of halogens is 1. The molecule has 3 rings (SSSR count). The van der Waals surface area contributed by atoms with Gasteiger partial charge < -0.3 is 9.73 Å². The minimum absolute atomic E-state index is 0.251. The van der Waals surface area contributed by atoms with E-state index >= 15 is 0 Å². The predicted molar refractivity (Wildman–Crippen MR) is 83.0 cm³/mol. The molecular weight excluding hydrogens is 318 g/mol. The molecule has 0 spiro atoms. The van der Waals surface area contributed by atoms with Crippen molar-refractivity contribution in [2.24, 2.45) is 0 Å². The molecule has 0 saturated carbocycles. The molecule has 0 unspecified atom stereocenters.